The van der Waals surface area contributed by atoms with Crippen molar-refractivity contribution in [2.24, 2.45) is 5.41 Å². The molecule has 1 heterocycles. The van der Waals surface area contributed by atoms with E-state index in [4.69, 9.17) is 0 Å². The van der Waals surface area contributed by atoms with E-state index in [1.54, 1.807) is 13.8 Å². The molecule has 1 aliphatic rings. The molecule has 0 unspecified atom stereocenters. The maximum absolute atomic E-state index is 12.0. The largest absolute Gasteiger partial charge is 0.291 e. The van der Waals surface area contributed by atoms with Crippen LogP contribution in [0.3, 0.4) is 0 Å². The van der Waals surface area contributed by atoms with Crippen LogP contribution in [0.25, 0.3) is 0 Å². The van der Waals surface area contributed by atoms with Crippen LogP contribution in [0.15, 0.2) is 48.5 Å². The van der Waals surface area contributed by atoms with Gasteiger partial charge in [-0.05, 0) is 38.8 Å². The van der Waals surface area contributed by atoms with Gasteiger partial charge in [-0.2, -0.15) is 0 Å². The minimum absolute atomic E-state index is 0.376. The van der Waals surface area contributed by atoms with E-state index < -0.39 is 29.6 Å². The second-order valence-corrected chi connectivity index (χ2v) is 8.23. The topological polar surface area (TPSA) is 98.3 Å². The Morgan fingerprint density at radius 1 is 0.750 bits per heavy atom. The molecule has 4 atom stereocenters. The van der Waals surface area contributed by atoms with Gasteiger partial charge in [-0.3, -0.25) is 25.5 Å². The van der Waals surface area contributed by atoms with E-state index in [9.17, 15) is 20.2 Å². The van der Waals surface area contributed by atoms with E-state index in [1.165, 1.54) is 0 Å². The number of benzene rings is 2. The van der Waals surface area contributed by atoms with Gasteiger partial charge in [0.1, 0.15) is 17.5 Å². The van der Waals surface area contributed by atoms with E-state index in [-0.39, 0.29) is 9.85 Å². The molecule has 0 spiro atoms. The van der Waals surface area contributed by atoms with E-state index in [0.717, 1.165) is 22.3 Å². The van der Waals surface area contributed by atoms with E-state index in [1.807, 2.05) is 62.4 Å². The lowest BCUT2D eigenvalue weighted by atomic mass is 9.66. The average Bonchev–Trinajstić information content (AvgIpc) is 2.60. The number of hydrogen-bond donors (Lipinski definition) is 1. The van der Waals surface area contributed by atoms with Gasteiger partial charge in [0.2, 0.25) is 12.1 Å². The van der Waals surface area contributed by atoms with Gasteiger partial charge < -0.3 is 0 Å². The summed E-state index contributed by atoms with van der Waals surface area (Å²) in [6.07, 6.45) is 0. The number of hydrogen-bond acceptors (Lipinski definition) is 5. The van der Waals surface area contributed by atoms with Crippen LogP contribution in [0, 0.1) is 39.5 Å². The summed E-state index contributed by atoms with van der Waals surface area (Å²) in [5.74, 6) is 0. The van der Waals surface area contributed by atoms with E-state index in [2.05, 4.69) is 5.32 Å². The first-order chi connectivity index (χ1) is 13.1. The Morgan fingerprint density at radius 2 is 1.07 bits per heavy atom. The summed E-state index contributed by atoms with van der Waals surface area (Å²) in [5, 5.41) is 27.3. The standard InChI is InChI=1S/C21H25N3O4/c1-13-5-9-15(10-6-13)17-19(23(25)26)21(3,4)20(24(27)28)18(22-17)16-11-7-14(2)8-12-16/h5-12,17-20,22H,1-4H3/t17-,18-,19-,20-/m1/s1. The summed E-state index contributed by atoms with van der Waals surface area (Å²) in [6.45, 7) is 7.17. The molecule has 2 aromatic carbocycles. The first-order valence-corrected chi connectivity index (χ1v) is 9.29. The van der Waals surface area contributed by atoms with Gasteiger partial charge in [-0.15, -0.1) is 0 Å². The Kier molecular flexibility index (Phi) is 5.21. The van der Waals surface area contributed by atoms with Gasteiger partial charge in [0, 0.05) is 9.85 Å². The number of nitrogens with zero attached hydrogens (tertiary/aromatic N) is 2. The summed E-state index contributed by atoms with van der Waals surface area (Å²) >= 11 is 0. The predicted molar refractivity (Wildman–Crippen MR) is 106 cm³/mol. The Bertz CT molecular complexity index is 806. The molecule has 0 radical (unpaired) electrons. The Labute approximate surface area is 164 Å². The van der Waals surface area contributed by atoms with Gasteiger partial charge >= 0.3 is 0 Å². The smallest absolute Gasteiger partial charge is 0.243 e. The Balaban J connectivity index is 2.14. The molecule has 0 bridgehead atoms. The molecule has 2 aromatic rings. The van der Waals surface area contributed by atoms with Crippen LogP contribution in [-0.2, 0) is 0 Å². The molecular weight excluding hydrogens is 358 g/mol. The summed E-state index contributed by atoms with van der Waals surface area (Å²) in [7, 11) is 0. The van der Waals surface area contributed by atoms with Crippen LogP contribution in [-0.4, -0.2) is 21.9 Å². The normalized spacial score (nSPS) is 26.6. The zero-order valence-corrected chi connectivity index (χ0v) is 16.5. The third-order valence-corrected chi connectivity index (χ3v) is 5.84. The fraction of sp³-hybridized carbons (Fsp3) is 0.429. The highest BCUT2D eigenvalue weighted by Crippen LogP contribution is 2.46. The maximum Gasteiger partial charge on any atom is 0.243 e. The monoisotopic (exact) mass is 383 g/mol. The minimum Gasteiger partial charge on any atom is -0.291 e. The third kappa shape index (κ3) is 3.49. The summed E-state index contributed by atoms with van der Waals surface area (Å²) in [5.41, 5.74) is 2.46. The molecule has 1 N–H and O–H groups in total. The van der Waals surface area contributed by atoms with Gasteiger partial charge in [0.05, 0.1) is 0 Å². The van der Waals surface area contributed by atoms with Gasteiger partial charge in [-0.25, -0.2) is 0 Å². The third-order valence-electron chi connectivity index (χ3n) is 5.84. The van der Waals surface area contributed by atoms with Crippen LogP contribution >= 0.6 is 0 Å². The summed E-state index contributed by atoms with van der Waals surface area (Å²) < 4.78 is 0. The highest BCUT2D eigenvalue weighted by Gasteiger charge is 2.62. The molecule has 7 heteroatoms. The number of piperidine rings is 1. The molecule has 1 aliphatic heterocycles. The zero-order chi connectivity index (χ0) is 20.6. The lowest BCUT2D eigenvalue weighted by Gasteiger charge is -2.44. The molecule has 0 saturated carbocycles. The minimum atomic E-state index is -1.16. The van der Waals surface area contributed by atoms with Crippen LogP contribution in [0.2, 0.25) is 0 Å². The fourth-order valence-electron chi connectivity index (χ4n) is 4.30. The molecule has 7 nitrogen and oxygen atoms in total. The van der Waals surface area contributed by atoms with Crippen molar-refractivity contribution >= 4 is 0 Å². The van der Waals surface area contributed by atoms with Crippen molar-refractivity contribution in [3.05, 3.63) is 91.0 Å². The Hall–Kier alpha value is -2.80. The molecule has 28 heavy (non-hydrogen) atoms. The number of rotatable bonds is 4. The molecule has 0 aliphatic carbocycles. The van der Waals surface area contributed by atoms with Gasteiger partial charge in [0.25, 0.3) is 0 Å². The van der Waals surface area contributed by atoms with Crippen molar-refractivity contribution in [3.8, 4) is 0 Å². The SMILES string of the molecule is Cc1ccc([C@H]2N[C@H](c3ccc(C)cc3)[C@@H]([N+](=O)[O-])C(C)(C)[C@@H]2[N+](=O)[O-])cc1. The molecule has 0 aromatic heterocycles. The molecule has 148 valence electrons. The Morgan fingerprint density at radius 3 is 1.36 bits per heavy atom. The van der Waals surface area contributed by atoms with Crippen molar-refractivity contribution < 1.29 is 9.85 Å². The number of aryl methyl sites for hydroxylation is 2. The van der Waals surface area contributed by atoms with Crippen LogP contribution in [0.4, 0.5) is 0 Å². The molecule has 0 amide bonds. The molecule has 1 saturated heterocycles. The van der Waals surface area contributed by atoms with E-state index >= 15 is 0 Å². The zero-order valence-electron chi connectivity index (χ0n) is 16.5. The van der Waals surface area contributed by atoms with Crippen LogP contribution < -0.4 is 5.32 Å². The predicted octanol–water partition coefficient (Wildman–Crippen LogP) is 4.01. The quantitative estimate of drug-likeness (QED) is 0.635. The molecule has 1 fully saturated rings. The average molecular weight is 383 g/mol. The van der Waals surface area contributed by atoms with Crippen molar-refractivity contribution in [1.29, 1.82) is 0 Å². The van der Waals surface area contributed by atoms with Crippen molar-refractivity contribution in [3.63, 3.8) is 0 Å². The van der Waals surface area contributed by atoms with Crippen molar-refractivity contribution in [2.75, 3.05) is 0 Å². The highest BCUT2D eigenvalue weighted by atomic mass is 16.6. The summed E-state index contributed by atoms with van der Waals surface area (Å²) in [4.78, 5) is 23.3. The van der Waals surface area contributed by atoms with E-state index in [0.29, 0.717) is 0 Å². The lowest BCUT2D eigenvalue weighted by molar-refractivity contribution is -0.605. The van der Waals surface area contributed by atoms with Crippen LogP contribution in [0.1, 0.15) is 48.2 Å². The fourth-order valence-corrected chi connectivity index (χ4v) is 4.30. The second kappa shape index (κ2) is 7.31. The highest BCUT2D eigenvalue weighted by molar-refractivity contribution is 5.31. The molecule has 3 rings (SSSR count). The molecular formula is C21H25N3O4. The number of nitrogens with one attached hydrogen (secondary N) is 1. The lowest BCUT2D eigenvalue weighted by Crippen LogP contribution is -2.63. The van der Waals surface area contributed by atoms with Crippen LogP contribution in [0.5, 0.6) is 0 Å². The maximum atomic E-state index is 12.0. The number of nitro groups is 2. The van der Waals surface area contributed by atoms with Crippen molar-refractivity contribution in [1.82, 2.24) is 5.32 Å². The summed E-state index contributed by atoms with van der Waals surface area (Å²) in [6, 6.07) is 11.5. The van der Waals surface area contributed by atoms with Crippen molar-refractivity contribution in [2.45, 2.75) is 51.9 Å². The first kappa shape index (κ1) is 19.9. The van der Waals surface area contributed by atoms with Gasteiger partial charge in [-0.1, -0.05) is 59.7 Å². The van der Waals surface area contributed by atoms with Gasteiger partial charge in [0.15, 0.2) is 0 Å². The first-order valence-electron chi connectivity index (χ1n) is 9.29. The second-order valence-electron chi connectivity index (χ2n) is 8.23.